The van der Waals surface area contributed by atoms with Crippen molar-refractivity contribution in [2.45, 2.75) is 17.6 Å². The van der Waals surface area contributed by atoms with Gasteiger partial charge in [-0.05, 0) is 32.9 Å². The molecule has 7 heteroatoms. The Bertz CT molecular complexity index is 483. The van der Waals surface area contributed by atoms with Crippen LogP contribution in [0.5, 0.6) is 0 Å². The summed E-state index contributed by atoms with van der Waals surface area (Å²) in [5.74, 6) is 0.420. The van der Waals surface area contributed by atoms with E-state index in [2.05, 4.69) is 10.3 Å². The van der Waals surface area contributed by atoms with E-state index in [4.69, 9.17) is 0 Å². The average Bonchev–Trinajstić information content (AvgIpc) is 2.88. The van der Waals surface area contributed by atoms with Crippen LogP contribution in [0, 0.1) is 12.8 Å². The summed E-state index contributed by atoms with van der Waals surface area (Å²) in [6.45, 7) is 3.91. The predicted octanol–water partition coefficient (Wildman–Crippen LogP) is 0.682. The molecule has 5 nitrogen and oxygen atoms in total. The highest BCUT2D eigenvalue weighted by molar-refractivity contribution is 7.91. The van der Waals surface area contributed by atoms with E-state index in [1.807, 2.05) is 14.0 Å². The number of nitrogens with one attached hydrogen (secondary N) is 1. The fraction of sp³-hybridized carbons (Fsp3) is 0.700. The van der Waals surface area contributed by atoms with Crippen LogP contribution in [0.4, 0.5) is 0 Å². The summed E-state index contributed by atoms with van der Waals surface area (Å²) in [5.41, 5.74) is 0. The van der Waals surface area contributed by atoms with Gasteiger partial charge in [0.25, 0.3) is 10.0 Å². The third-order valence-corrected chi connectivity index (χ3v) is 6.15. The Hall–Kier alpha value is -0.500. The highest BCUT2D eigenvalue weighted by atomic mass is 32.2. The van der Waals surface area contributed by atoms with Gasteiger partial charge in [0.15, 0.2) is 4.21 Å². The summed E-state index contributed by atoms with van der Waals surface area (Å²) in [6.07, 6.45) is 2.39. The van der Waals surface area contributed by atoms with Crippen LogP contribution in [-0.2, 0) is 10.0 Å². The summed E-state index contributed by atoms with van der Waals surface area (Å²) in [7, 11) is -1.41. The molecule has 17 heavy (non-hydrogen) atoms. The molecule has 0 amide bonds. The highest BCUT2D eigenvalue weighted by Crippen LogP contribution is 2.27. The molecule has 1 aromatic rings. The zero-order chi connectivity index (χ0) is 12.5. The van der Waals surface area contributed by atoms with Crippen molar-refractivity contribution in [1.29, 1.82) is 0 Å². The zero-order valence-corrected chi connectivity index (χ0v) is 11.6. The van der Waals surface area contributed by atoms with E-state index in [0.717, 1.165) is 18.0 Å². The summed E-state index contributed by atoms with van der Waals surface area (Å²) in [5, 5.41) is 3.88. The Morgan fingerprint density at radius 3 is 3.00 bits per heavy atom. The Labute approximate surface area is 106 Å². The van der Waals surface area contributed by atoms with Crippen molar-refractivity contribution >= 4 is 21.4 Å². The average molecular weight is 275 g/mol. The zero-order valence-electron chi connectivity index (χ0n) is 10.0. The van der Waals surface area contributed by atoms with Gasteiger partial charge in [0.05, 0.1) is 11.2 Å². The van der Waals surface area contributed by atoms with Gasteiger partial charge in [-0.2, -0.15) is 4.31 Å². The molecule has 1 aromatic heterocycles. The number of aromatic nitrogens is 1. The van der Waals surface area contributed by atoms with Crippen LogP contribution >= 0.6 is 11.3 Å². The molecule has 2 rings (SSSR count). The van der Waals surface area contributed by atoms with E-state index in [1.54, 1.807) is 4.31 Å². The number of hydrogen-bond acceptors (Lipinski definition) is 5. The summed E-state index contributed by atoms with van der Waals surface area (Å²) in [4.78, 5) is 4.01. The monoisotopic (exact) mass is 275 g/mol. The van der Waals surface area contributed by atoms with Gasteiger partial charge >= 0.3 is 0 Å². The van der Waals surface area contributed by atoms with Gasteiger partial charge in [-0.25, -0.2) is 13.4 Å². The van der Waals surface area contributed by atoms with Crippen LogP contribution in [0.15, 0.2) is 10.4 Å². The molecule has 0 saturated carbocycles. The van der Waals surface area contributed by atoms with E-state index >= 15 is 0 Å². The van der Waals surface area contributed by atoms with Gasteiger partial charge in [0.1, 0.15) is 0 Å². The molecule has 1 aliphatic heterocycles. The topological polar surface area (TPSA) is 62.3 Å². The maximum atomic E-state index is 12.3. The second kappa shape index (κ2) is 5.01. The Morgan fingerprint density at radius 2 is 2.41 bits per heavy atom. The van der Waals surface area contributed by atoms with Crippen molar-refractivity contribution in [1.82, 2.24) is 14.6 Å². The van der Waals surface area contributed by atoms with Crippen molar-refractivity contribution in [3.63, 3.8) is 0 Å². The molecule has 1 fully saturated rings. The minimum Gasteiger partial charge on any atom is -0.319 e. The normalized spacial score (nSPS) is 22.1. The molecular weight excluding hydrogens is 258 g/mol. The maximum Gasteiger partial charge on any atom is 0.254 e. The predicted molar refractivity (Wildman–Crippen MR) is 67.6 cm³/mol. The number of sulfonamides is 1. The lowest BCUT2D eigenvalue weighted by Gasteiger charge is -2.14. The van der Waals surface area contributed by atoms with Gasteiger partial charge in [0, 0.05) is 13.1 Å². The molecule has 0 aromatic carbocycles. The molecule has 1 aliphatic rings. The molecule has 0 aliphatic carbocycles. The standard InChI is InChI=1S/C10H17N3O2S2/c1-8-12-6-10(16-8)17(14,15)13-4-3-9(7-13)5-11-2/h6,9,11H,3-5,7H2,1-2H3. The second-order valence-corrected chi connectivity index (χ2v) is 7.67. The number of aryl methyl sites for hydroxylation is 1. The molecule has 96 valence electrons. The first kappa shape index (κ1) is 12.9. The number of rotatable bonds is 4. The van der Waals surface area contributed by atoms with Crippen LogP contribution in [0.2, 0.25) is 0 Å². The lowest BCUT2D eigenvalue weighted by atomic mass is 10.1. The first-order valence-electron chi connectivity index (χ1n) is 5.61. The molecule has 1 N–H and O–H groups in total. The Balaban J connectivity index is 2.13. The fourth-order valence-electron chi connectivity index (χ4n) is 2.06. The quantitative estimate of drug-likeness (QED) is 0.878. The fourth-order valence-corrected chi connectivity index (χ4v) is 4.85. The number of nitrogens with zero attached hydrogens (tertiary/aromatic N) is 2. The van der Waals surface area contributed by atoms with E-state index in [0.29, 0.717) is 23.2 Å². The first-order chi connectivity index (χ1) is 8.04. The summed E-state index contributed by atoms with van der Waals surface area (Å²) in [6, 6.07) is 0. The lowest BCUT2D eigenvalue weighted by Crippen LogP contribution is -2.30. The number of hydrogen-bond donors (Lipinski definition) is 1. The molecule has 0 radical (unpaired) electrons. The maximum absolute atomic E-state index is 12.3. The largest absolute Gasteiger partial charge is 0.319 e. The van der Waals surface area contributed by atoms with Crippen LogP contribution in [0.25, 0.3) is 0 Å². The van der Waals surface area contributed by atoms with Crippen molar-refractivity contribution in [3.05, 3.63) is 11.2 Å². The smallest absolute Gasteiger partial charge is 0.254 e. The van der Waals surface area contributed by atoms with Crippen molar-refractivity contribution < 1.29 is 8.42 Å². The first-order valence-corrected chi connectivity index (χ1v) is 7.87. The Kier molecular flexibility index (Phi) is 3.82. The molecule has 0 spiro atoms. The number of thiazole rings is 1. The molecule has 1 saturated heterocycles. The molecule has 1 unspecified atom stereocenters. The van der Waals surface area contributed by atoms with Gasteiger partial charge in [-0.3, -0.25) is 0 Å². The van der Waals surface area contributed by atoms with Crippen LogP contribution in [0.3, 0.4) is 0 Å². The van der Waals surface area contributed by atoms with Gasteiger partial charge in [-0.15, -0.1) is 11.3 Å². The highest BCUT2D eigenvalue weighted by Gasteiger charge is 2.33. The van der Waals surface area contributed by atoms with E-state index in [-0.39, 0.29) is 0 Å². The molecule has 1 atom stereocenters. The van der Waals surface area contributed by atoms with Crippen LogP contribution < -0.4 is 5.32 Å². The van der Waals surface area contributed by atoms with E-state index in [9.17, 15) is 8.42 Å². The van der Waals surface area contributed by atoms with Gasteiger partial charge in [0.2, 0.25) is 0 Å². The molecule has 2 heterocycles. The summed E-state index contributed by atoms with van der Waals surface area (Å²) < 4.78 is 26.5. The van der Waals surface area contributed by atoms with Crippen molar-refractivity contribution in [2.24, 2.45) is 5.92 Å². The minimum absolute atomic E-state index is 0.361. The summed E-state index contributed by atoms with van der Waals surface area (Å²) >= 11 is 1.24. The molecular formula is C10H17N3O2S2. The minimum atomic E-state index is -3.31. The van der Waals surface area contributed by atoms with Gasteiger partial charge in [-0.1, -0.05) is 0 Å². The Morgan fingerprint density at radius 1 is 1.65 bits per heavy atom. The second-order valence-electron chi connectivity index (χ2n) is 4.27. The third-order valence-electron chi connectivity index (χ3n) is 2.94. The van der Waals surface area contributed by atoms with Crippen molar-refractivity contribution in [3.8, 4) is 0 Å². The van der Waals surface area contributed by atoms with E-state index in [1.165, 1.54) is 17.5 Å². The van der Waals surface area contributed by atoms with Gasteiger partial charge < -0.3 is 5.32 Å². The lowest BCUT2D eigenvalue weighted by molar-refractivity contribution is 0.452. The molecule has 0 bridgehead atoms. The third kappa shape index (κ3) is 2.67. The van der Waals surface area contributed by atoms with Crippen molar-refractivity contribution in [2.75, 3.05) is 26.7 Å². The SMILES string of the molecule is CNCC1CCN(S(=O)(=O)c2cnc(C)s2)C1. The van der Waals surface area contributed by atoms with E-state index < -0.39 is 10.0 Å². The van der Waals surface area contributed by atoms with Crippen LogP contribution in [0.1, 0.15) is 11.4 Å². The van der Waals surface area contributed by atoms with Crippen LogP contribution in [-0.4, -0.2) is 44.4 Å².